The first-order chi connectivity index (χ1) is 9.29. The molecule has 1 aromatic heterocycles. The summed E-state index contributed by atoms with van der Waals surface area (Å²) in [4.78, 5) is 0.324. The summed E-state index contributed by atoms with van der Waals surface area (Å²) >= 11 is 0. The first-order valence-corrected chi connectivity index (χ1v) is 7.84. The number of rotatable bonds is 4. The van der Waals surface area contributed by atoms with E-state index in [1.165, 1.54) is 0 Å². The fourth-order valence-electron chi connectivity index (χ4n) is 2.17. The normalized spacial score (nSPS) is 11.8. The Balaban J connectivity index is 2.21. The van der Waals surface area contributed by atoms with Gasteiger partial charge in [0.1, 0.15) is 0 Å². The zero-order valence-electron chi connectivity index (χ0n) is 12.1. The van der Waals surface area contributed by atoms with Gasteiger partial charge >= 0.3 is 0 Å². The second-order valence-electron chi connectivity index (χ2n) is 5.01. The SMILES string of the molecule is Cc1ccc(S(=O)(=O)NCc2cn(C)nc2C)c(C)c1. The summed E-state index contributed by atoms with van der Waals surface area (Å²) in [7, 11) is -1.69. The lowest BCUT2D eigenvalue weighted by atomic mass is 10.2. The van der Waals surface area contributed by atoms with Crippen LogP contribution in [0.3, 0.4) is 0 Å². The summed E-state index contributed by atoms with van der Waals surface area (Å²) < 4.78 is 28.9. The minimum absolute atomic E-state index is 0.245. The highest BCUT2D eigenvalue weighted by atomic mass is 32.2. The van der Waals surface area contributed by atoms with E-state index in [2.05, 4.69) is 9.82 Å². The molecule has 0 bridgehead atoms. The third-order valence-corrected chi connectivity index (χ3v) is 4.75. The Labute approximate surface area is 119 Å². The lowest BCUT2D eigenvalue weighted by molar-refractivity contribution is 0.580. The van der Waals surface area contributed by atoms with Crippen molar-refractivity contribution in [2.24, 2.45) is 7.05 Å². The molecule has 0 spiro atoms. The number of nitrogens with one attached hydrogen (secondary N) is 1. The summed E-state index contributed by atoms with van der Waals surface area (Å²) in [6.07, 6.45) is 1.82. The van der Waals surface area contributed by atoms with Crippen LogP contribution in [0.1, 0.15) is 22.4 Å². The second-order valence-corrected chi connectivity index (χ2v) is 6.74. The number of hydrogen-bond donors (Lipinski definition) is 1. The number of sulfonamides is 1. The van der Waals surface area contributed by atoms with Gasteiger partial charge in [-0.3, -0.25) is 4.68 Å². The zero-order chi connectivity index (χ0) is 14.9. The van der Waals surface area contributed by atoms with Gasteiger partial charge in [-0.25, -0.2) is 13.1 Å². The van der Waals surface area contributed by atoms with Gasteiger partial charge in [0.25, 0.3) is 0 Å². The van der Waals surface area contributed by atoms with Gasteiger partial charge in [-0.15, -0.1) is 0 Å². The molecule has 0 fully saturated rings. The number of aromatic nitrogens is 2. The Morgan fingerprint density at radius 1 is 1.25 bits per heavy atom. The number of aryl methyl sites for hydroxylation is 4. The minimum atomic E-state index is -3.50. The van der Waals surface area contributed by atoms with E-state index in [9.17, 15) is 8.42 Å². The molecule has 20 heavy (non-hydrogen) atoms. The zero-order valence-corrected chi connectivity index (χ0v) is 13.0. The summed E-state index contributed by atoms with van der Waals surface area (Å²) in [5, 5.41) is 4.20. The van der Waals surface area contributed by atoms with Crippen LogP contribution >= 0.6 is 0 Å². The molecule has 6 heteroatoms. The summed E-state index contributed by atoms with van der Waals surface area (Å²) in [6.45, 7) is 5.85. The van der Waals surface area contributed by atoms with E-state index in [0.29, 0.717) is 4.90 Å². The first-order valence-electron chi connectivity index (χ1n) is 6.35. The van der Waals surface area contributed by atoms with Gasteiger partial charge in [-0.2, -0.15) is 5.10 Å². The molecule has 2 aromatic rings. The van der Waals surface area contributed by atoms with E-state index in [1.807, 2.05) is 33.2 Å². The highest BCUT2D eigenvalue weighted by molar-refractivity contribution is 7.89. The van der Waals surface area contributed by atoms with Gasteiger partial charge in [0.2, 0.25) is 10.0 Å². The van der Waals surface area contributed by atoms with Crippen molar-refractivity contribution in [2.75, 3.05) is 0 Å². The van der Waals surface area contributed by atoms with Crippen molar-refractivity contribution in [3.63, 3.8) is 0 Å². The molecular formula is C14H19N3O2S. The number of hydrogen-bond acceptors (Lipinski definition) is 3. The Morgan fingerprint density at radius 2 is 1.95 bits per heavy atom. The molecule has 0 saturated carbocycles. The van der Waals surface area contributed by atoms with Gasteiger partial charge in [-0.1, -0.05) is 17.7 Å². The van der Waals surface area contributed by atoms with Crippen molar-refractivity contribution in [1.82, 2.24) is 14.5 Å². The van der Waals surface area contributed by atoms with E-state index in [4.69, 9.17) is 0 Å². The topological polar surface area (TPSA) is 64.0 Å². The van der Waals surface area contributed by atoms with Crippen molar-refractivity contribution in [3.8, 4) is 0 Å². The Morgan fingerprint density at radius 3 is 2.50 bits per heavy atom. The average molecular weight is 293 g/mol. The predicted octanol–water partition coefficient (Wildman–Crippen LogP) is 1.82. The van der Waals surface area contributed by atoms with Crippen LogP contribution in [0.25, 0.3) is 0 Å². The molecule has 2 rings (SSSR count). The van der Waals surface area contributed by atoms with Gasteiger partial charge in [-0.05, 0) is 32.4 Å². The molecule has 1 N–H and O–H groups in total. The van der Waals surface area contributed by atoms with Crippen molar-refractivity contribution in [2.45, 2.75) is 32.2 Å². The third kappa shape index (κ3) is 3.08. The summed E-state index contributed by atoms with van der Waals surface area (Å²) in [5.74, 6) is 0. The highest BCUT2D eigenvalue weighted by Crippen LogP contribution is 2.17. The smallest absolute Gasteiger partial charge is 0.241 e. The largest absolute Gasteiger partial charge is 0.275 e. The van der Waals surface area contributed by atoms with E-state index < -0.39 is 10.0 Å². The number of benzene rings is 1. The third-order valence-electron chi connectivity index (χ3n) is 3.19. The van der Waals surface area contributed by atoms with Crippen LogP contribution in [-0.4, -0.2) is 18.2 Å². The first kappa shape index (κ1) is 14.7. The molecule has 1 heterocycles. The molecule has 0 radical (unpaired) electrons. The van der Waals surface area contributed by atoms with E-state index >= 15 is 0 Å². The molecule has 0 amide bonds. The van der Waals surface area contributed by atoms with E-state index in [1.54, 1.807) is 23.7 Å². The van der Waals surface area contributed by atoms with Crippen LogP contribution in [0, 0.1) is 20.8 Å². The van der Waals surface area contributed by atoms with Gasteiger partial charge < -0.3 is 0 Å². The molecule has 108 valence electrons. The fourth-order valence-corrected chi connectivity index (χ4v) is 3.40. The molecule has 0 aliphatic rings. The molecule has 0 saturated heterocycles. The molecule has 0 aliphatic heterocycles. The second kappa shape index (κ2) is 5.38. The standard InChI is InChI=1S/C14H19N3O2S/c1-10-5-6-14(11(2)7-10)20(18,19)15-8-13-9-17(4)16-12(13)3/h5-7,9,15H,8H2,1-4H3. The highest BCUT2D eigenvalue weighted by Gasteiger charge is 2.17. The molecule has 0 atom stereocenters. The predicted molar refractivity (Wildman–Crippen MR) is 77.9 cm³/mol. The van der Waals surface area contributed by atoms with Crippen molar-refractivity contribution in [3.05, 3.63) is 46.8 Å². The van der Waals surface area contributed by atoms with Crippen molar-refractivity contribution < 1.29 is 8.42 Å². The Hall–Kier alpha value is -1.66. The summed E-state index contributed by atoms with van der Waals surface area (Å²) in [5.41, 5.74) is 3.50. The molecule has 0 unspecified atom stereocenters. The summed E-state index contributed by atoms with van der Waals surface area (Å²) in [6, 6.07) is 5.31. The molecule has 0 aliphatic carbocycles. The van der Waals surface area contributed by atoms with E-state index in [-0.39, 0.29) is 6.54 Å². The monoisotopic (exact) mass is 293 g/mol. The van der Waals surface area contributed by atoms with Gasteiger partial charge in [0, 0.05) is 25.4 Å². The Kier molecular flexibility index (Phi) is 3.96. The van der Waals surface area contributed by atoms with E-state index in [0.717, 1.165) is 22.4 Å². The maximum atomic E-state index is 12.3. The number of nitrogens with zero attached hydrogens (tertiary/aromatic N) is 2. The van der Waals surface area contributed by atoms with Crippen LogP contribution in [0.4, 0.5) is 0 Å². The van der Waals surface area contributed by atoms with Crippen LogP contribution in [0.2, 0.25) is 0 Å². The molecule has 1 aromatic carbocycles. The van der Waals surface area contributed by atoms with Crippen LogP contribution in [0.15, 0.2) is 29.3 Å². The fraction of sp³-hybridized carbons (Fsp3) is 0.357. The minimum Gasteiger partial charge on any atom is -0.275 e. The maximum absolute atomic E-state index is 12.3. The van der Waals surface area contributed by atoms with Crippen LogP contribution in [-0.2, 0) is 23.6 Å². The molecular weight excluding hydrogens is 274 g/mol. The lowest BCUT2D eigenvalue weighted by Gasteiger charge is -2.09. The quantitative estimate of drug-likeness (QED) is 0.935. The lowest BCUT2D eigenvalue weighted by Crippen LogP contribution is -2.24. The Bertz CT molecular complexity index is 733. The van der Waals surface area contributed by atoms with Gasteiger partial charge in [0.15, 0.2) is 0 Å². The van der Waals surface area contributed by atoms with Gasteiger partial charge in [0.05, 0.1) is 10.6 Å². The molecule has 5 nitrogen and oxygen atoms in total. The van der Waals surface area contributed by atoms with Crippen LogP contribution < -0.4 is 4.72 Å². The maximum Gasteiger partial charge on any atom is 0.241 e. The van der Waals surface area contributed by atoms with Crippen molar-refractivity contribution in [1.29, 1.82) is 0 Å². The average Bonchev–Trinajstić information content (AvgIpc) is 2.65. The van der Waals surface area contributed by atoms with Crippen LogP contribution in [0.5, 0.6) is 0 Å². The van der Waals surface area contributed by atoms with Crippen molar-refractivity contribution >= 4 is 10.0 Å².